The summed E-state index contributed by atoms with van der Waals surface area (Å²) in [6, 6.07) is -0.366. The van der Waals surface area contributed by atoms with Gasteiger partial charge in [0.1, 0.15) is 5.69 Å². The van der Waals surface area contributed by atoms with Crippen molar-refractivity contribution in [1.82, 2.24) is 15.2 Å². The van der Waals surface area contributed by atoms with Crippen molar-refractivity contribution in [1.29, 1.82) is 0 Å². The molecule has 1 aromatic rings. The van der Waals surface area contributed by atoms with Crippen molar-refractivity contribution in [3.63, 3.8) is 0 Å². The number of hydrogen-bond donors (Lipinski definition) is 3. The third kappa shape index (κ3) is 3.73. The van der Waals surface area contributed by atoms with Crippen LogP contribution in [-0.4, -0.2) is 75.7 Å². The molecule has 13 heteroatoms. The van der Waals surface area contributed by atoms with Gasteiger partial charge in [-0.05, 0) is 6.92 Å². The van der Waals surface area contributed by atoms with Gasteiger partial charge >= 0.3 is 0 Å². The lowest BCUT2D eigenvalue weighted by Gasteiger charge is -2.47. The van der Waals surface area contributed by atoms with Crippen molar-refractivity contribution in [3.05, 3.63) is 21.7 Å². The number of aliphatic hydroxyl groups is 1. The number of aromatic nitrogens is 1. The van der Waals surface area contributed by atoms with Crippen molar-refractivity contribution in [2.24, 2.45) is 17.6 Å². The lowest BCUT2D eigenvalue weighted by molar-refractivity contribution is -0.301. The van der Waals surface area contributed by atoms with Gasteiger partial charge in [-0.25, -0.2) is 4.98 Å². The Morgan fingerprint density at radius 1 is 1.44 bits per heavy atom. The molecule has 4 rings (SSSR count). The highest BCUT2D eigenvalue weighted by molar-refractivity contribution is 8.03. The molecule has 0 unspecified atom stereocenters. The molecule has 4 atom stereocenters. The van der Waals surface area contributed by atoms with E-state index in [0.29, 0.717) is 23.1 Å². The SMILES string of the molecule is C[C@@H](O)[C@H]1C(=O)N2C(C(=O)[O-])=C(SC3CN(c4nc(C(=O)NCC(N)=O)cs4)C3)[C@H](C)[C@H]12. The van der Waals surface area contributed by atoms with Gasteiger partial charge in [0.2, 0.25) is 11.8 Å². The van der Waals surface area contributed by atoms with E-state index in [-0.39, 0.29) is 41.1 Å². The number of aliphatic hydroxyl groups excluding tert-OH is 1. The van der Waals surface area contributed by atoms with Crippen LogP contribution in [0.4, 0.5) is 5.13 Å². The quantitative estimate of drug-likeness (QED) is 0.360. The number of carbonyl (C=O) groups excluding carboxylic acids is 4. The Hall–Kier alpha value is -2.64. The highest BCUT2D eigenvalue weighted by Crippen LogP contribution is 2.51. The first-order valence-corrected chi connectivity index (χ1v) is 11.8. The van der Waals surface area contributed by atoms with Crippen molar-refractivity contribution in [2.75, 3.05) is 24.5 Å². The largest absolute Gasteiger partial charge is 0.543 e. The first-order chi connectivity index (χ1) is 15.1. The summed E-state index contributed by atoms with van der Waals surface area (Å²) in [5.74, 6) is -3.71. The van der Waals surface area contributed by atoms with Crippen LogP contribution in [-0.2, 0) is 14.4 Å². The third-order valence-corrected chi connectivity index (χ3v) is 8.21. The molecule has 0 radical (unpaired) electrons. The number of nitrogens with two attached hydrogens (primary N) is 1. The second-order valence-corrected chi connectivity index (χ2v) is 10.2. The maximum Gasteiger partial charge on any atom is 0.271 e. The predicted molar refractivity (Wildman–Crippen MR) is 114 cm³/mol. The van der Waals surface area contributed by atoms with Gasteiger partial charge in [0.05, 0.1) is 36.3 Å². The molecule has 4 N–H and O–H groups in total. The Morgan fingerprint density at radius 2 is 2.12 bits per heavy atom. The minimum atomic E-state index is -1.39. The van der Waals surface area contributed by atoms with E-state index in [1.54, 1.807) is 5.38 Å². The summed E-state index contributed by atoms with van der Waals surface area (Å²) < 4.78 is 0. The molecule has 2 saturated heterocycles. The average molecular weight is 481 g/mol. The molecule has 4 heterocycles. The number of rotatable bonds is 8. The molecule has 0 spiro atoms. The molecule has 0 bridgehead atoms. The van der Waals surface area contributed by atoms with E-state index in [0.717, 1.165) is 0 Å². The molecule has 0 saturated carbocycles. The number of fused-ring (bicyclic) bond motifs is 1. The van der Waals surface area contributed by atoms with Crippen molar-refractivity contribution in [3.8, 4) is 0 Å². The number of aliphatic carboxylic acids is 1. The first-order valence-electron chi connectivity index (χ1n) is 10.0. The zero-order valence-electron chi connectivity index (χ0n) is 17.3. The Morgan fingerprint density at radius 3 is 2.72 bits per heavy atom. The number of nitrogens with one attached hydrogen (secondary N) is 1. The summed E-state index contributed by atoms with van der Waals surface area (Å²) in [6.07, 6.45) is -0.850. The van der Waals surface area contributed by atoms with Crippen molar-refractivity contribution in [2.45, 2.75) is 31.2 Å². The molecule has 3 aliphatic rings. The van der Waals surface area contributed by atoms with E-state index in [2.05, 4.69) is 10.3 Å². The number of primary amides is 1. The lowest BCUT2D eigenvalue weighted by atomic mass is 9.79. The van der Waals surface area contributed by atoms with Crippen LogP contribution in [0.2, 0.25) is 0 Å². The highest BCUT2D eigenvalue weighted by atomic mass is 32.2. The summed E-state index contributed by atoms with van der Waals surface area (Å²) in [5, 5.41) is 26.4. The fourth-order valence-electron chi connectivity index (χ4n) is 4.29. The average Bonchev–Trinajstić information content (AvgIpc) is 3.24. The second-order valence-electron chi connectivity index (χ2n) is 8.06. The predicted octanol–water partition coefficient (Wildman–Crippen LogP) is -1.90. The molecule has 0 aromatic carbocycles. The summed E-state index contributed by atoms with van der Waals surface area (Å²) in [4.78, 5) is 55.0. The summed E-state index contributed by atoms with van der Waals surface area (Å²) in [7, 11) is 0. The maximum atomic E-state index is 12.4. The van der Waals surface area contributed by atoms with E-state index in [1.807, 2.05) is 11.8 Å². The number of β-lactam (4-membered cyclic amide) rings is 1. The minimum Gasteiger partial charge on any atom is -0.543 e. The van der Waals surface area contributed by atoms with E-state index in [9.17, 15) is 29.4 Å². The molecule has 1 aromatic heterocycles. The van der Waals surface area contributed by atoms with Gasteiger partial charge < -0.3 is 35.9 Å². The molecule has 0 aliphatic carbocycles. The summed E-state index contributed by atoms with van der Waals surface area (Å²) in [6.45, 7) is 4.33. The highest BCUT2D eigenvalue weighted by Gasteiger charge is 2.59. The Bertz CT molecular complexity index is 1020. The second kappa shape index (κ2) is 8.37. The van der Waals surface area contributed by atoms with Gasteiger partial charge in [-0.2, -0.15) is 0 Å². The fourth-order valence-corrected chi connectivity index (χ4v) is 6.63. The number of carboxylic acid groups (broad SMARTS) is 1. The zero-order chi connectivity index (χ0) is 23.3. The number of thioether (sulfide) groups is 1. The number of amides is 3. The van der Waals surface area contributed by atoms with Gasteiger partial charge in [-0.15, -0.1) is 23.1 Å². The molecule has 32 heavy (non-hydrogen) atoms. The van der Waals surface area contributed by atoms with Crippen LogP contribution in [0.15, 0.2) is 16.0 Å². The van der Waals surface area contributed by atoms with Crippen LogP contribution < -0.4 is 21.1 Å². The van der Waals surface area contributed by atoms with Gasteiger partial charge in [-0.3, -0.25) is 14.4 Å². The van der Waals surface area contributed by atoms with Crippen LogP contribution in [0.1, 0.15) is 24.3 Å². The first kappa shape index (κ1) is 22.6. The molecule has 3 amide bonds. The van der Waals surface area contributed by atoms with Crippen LogP contribution in [0.5, 0.6) is 0 Å². The van der Waals surface area contributed by atoms with E-state index in [4.69, 9.17) is 5.73 Å². The lowest BCUT2D eigenvalue weighted by Crippen LogP contribution is -2.64. The molecule has 11 nitrogen and oxygen atoms in total. The van der Waals surface area contributed by atoms with Crippen LogP contribution in [0.3, 0.4) is 0 Å². The fraction of sp³-hybridized carbons (Fsp3) is 0.526. The number of carboxylic acids is 1. The van der Waals surface area contributed by atoms with Crippen molar-refractivity contribution >= 4 is 51.9 Å². The third-order valence-electron chi connectivity index (χ3n) is 5.86. The van der Waals surface area contributed by atoms with E-state index in [1.165, 1.54) is 34.9 Å². The van der Waals surface area contributed by atoms with E-state index < -0.39 is 29.8 Å². The maximum absolute atomic E-state index is 12.4. The Balaban J connectivity index is 1.39. The smallest absolute Gasteiger partial charge is 0.271 e. The monoisotopic (exact) mass is 480 g/mol. The van der Waals surface area contributed by atoms with Gasteiger partial charge in [0, 0.05) is 34.5 Å². The van der Waals surface area contributed by atoms with Crippen LogP contribution in [0.25, 0.3) is 0 Å². The van der Waals surface area contributed by atoms with Gasteiger partial charge in [0.25, 0.3) is 5.91 Å². The molecule has 3 aliphatic heterocycles. The number of hydrogen-bond acceptors (Lipinski definition) is 10. The van der Waals surface area contributed by atoms with Gasteiger partial charge in [-0.1, -0.05) is 6.92 Å². The molecular formula is C19H22N5O6S2-. The van der Waals surface area contributed by atoms with Crippen LogP contribution >= 0.6 is 23.1 Å². The normalized spacial score (nSPS) is 25.8. The topological polar surface area (TPSA) is 169 Å². The summed E-state index contributed by atoms with van der Waals surface area (Å²) >= 11 is 2.71. The number of anilines is 1. The molecule has 172 valence electrons. The number of thiazole rings is 1. The Labute approximate surface area is 191 Å². The van der Waals surface area contributed by atoms with Crippen LogP contribution in [0, 0.1) is 11.8 Å². The van der Waals surface area contributed by atoms with E-state index >= 15 is 0 Å². The zero-order valence-corrected chi connectivity index (χ0v) is 18.9. The summed E-state index contributed by atoms with van der Waals surface area (Å²) in [5.41, 5.74) is 5.12. The number of nitrogens with zero attached hydrogens (tertiary/aromatic N) is 3. The minimum absolute atomic E-state index is 0.0802. The van der Waals surface area contributed by atoms with Crippen molar-refractivity contribution < 1.29 is 29.4 Å². The molecular weight excluding hydrogens is 458 g/mol. The standard InChI is InChI=1S/C19H23N5O6S2/c1-7-13-12(8(2)25)17(28)24(13)14(18(29)30)15(7)32-9-4-23(5-9)19-22-10(6-31-19)16(27)21-3-11(20)26/h6-9,12-13,25H,3-5H2,1-2H3,(H2,20,26)(H,21,27)(H,29,30)/p-1/t7-,8-,12-,13-/m1/s1. The molecule has 2 fully saturated rings. The number of carbonyl (C=O) groups is 4. The van der Waals surface area contributed by atoms with Gasteiger partial charge in [0.15, 0.2) is 5.13 Å². The Kier molecular flexibility index (Phi) is 5.90.